The van der Waals surface area contributed by atoms with Crippen molar-refractivity contribution in [2.24, 2.45) is 5.92 Å². The zero-order valence-corrected chi connectivity index (χ0v) is 11.0. The maximum Gasteiger partial charge on any atom is 0.0239 e. The first kappa shape index (κ1) is 11.2. The van der Waals surface area contributed by atoms with Gasteiger partial charge >= 0.3 is 0 Å². The smallest absolute Gasteiger partial charge is 0.0239 e. The molecule has 0 radical (unpaired) electrons. The van der Waals surface area contributed by atoms with Crippen LogP contribution >= 0.6 is 15.9 Å². The Morgan fingerprint density at radius 3 is 2.40 bits per heavy atom. The van der Waals surface area contributed by atoms with Crippen molar-refractivity contribution in [3.63, 3.8) is 0 Å². The number of nitrogens with zero attached hydrogens (tertiary/aromatic N) is 1. The number of hydrogen-bond donors (Lipinski definition) is 0. The summed E-state index contributed by atoms with van der Waals surface area (Å²) in [6.07, 6.45) is 0. The standard InChI is InChI=1S/C13H18BrN/c1-10-4-3-5-11(2)13(10)9-15-7-12(6-14)8-15/h3-5,12H,6-9H2,1-2H3. The Bertz CT molecular complexity index is 322. The summed E-state index contributed by atoms with van der Waals surface area (Å²) in [5.41, 5.74) is 4.38. The van der Waals surface area contributed by atoms with Gasteiger partial charge in [-0.15, -0.1) is 0 Å². The monoisotopic (exact) mass is 267 g/mol. The predicted molar refractivity (Wildman–Crippen MR) is 68.5 cm³/mol. The number of likely N-dealkylation sites (tertiary alicyclic amines) is 1. The molecule has 1 nitrogen and oxygen atoms in total. The van der Waals surface area contributed by atoms with Gasteiger partial charge in [-0.2, -0.15) is 0 Å². The molecule has 0 spiro atoms. The van der Waals surface area contributed by atoms with Crippen molar-refractivity contribution in [3.8, 4) is 0 Å². The average molecular weight is 268 g/mol. The Balaban J connectivity index is 2.00. The molecule has 1 aromatic rings. The summed E-state index contributed by atoms with van der Waals surface area (Å²) in [5.74, 6) is 0.870. The Labute approximate surface area is 101 Å². The van der Waals surface area contributed by atoms with Gasteiger partial charge in [-0.3, -0.25) is 4.90 Å². The maximum atomic E-state index is 3.54. The highest BCUT2D eigenvalue weighted by Crippen LogP contribution is 2.23. The third kappa shape index (κ3) is 2.43. The lowest BCUT2D eigenvalue weighted by Gasteiger charge is -2.39. The van der Waals surface area contributed by atoms with E-state index in [4.69, 9.17) is 0 Å². The molecule has 0 amide bonds. The van der Waals surface area contributed by atoms with E-state index in [0.29, 0.717) is 0 Å². The lowest BCUT2D eigenvalue weighted by Crippen LogP contribution is -2.46. The summed E-state index contributed by atoms with van der Waals surface area (Å²) in [7, 11) is 0. The van der Waals surface area contributed by atoms with Crippen LogP contribution < -0.4 is 0 Å². The second kappa shape index (κ2) is 4.67. The third-order valence-electron chi connectivity index (χ3n) is 3.28. The van der Waals surface area contributed by atoms with Crippen LogP contribution in [0.1, 0.15) is 16.7 Å². The molecule has 2 heteroatoms. The minimum atomic E-state index is 0.870. The van der Waals surface area contributed by atoms with E-state index in [0.717, 1.165) is 17.8 Å². The van der Waals surface area contributed by atoms with E-state index in [-0.39, 0.29) is 0 Å². The number of aryl methyl sites for hydroxylation is 2. The lowest BCUT2D eigenvalue weighted by atomic mass is 9.98. The second-order valence-corrected chi connectivity index (χ2v) is 5.23. The predicted octanol–water partition coefficient (Wildman–Crippen LogP) is 3.13. The molecule has 2 rings (SSSR count). The normalized spacial score (nSPS) is 17.8. The van der Waals surface area contributed by atoms with Crippen LogP contribution in [-0.4, -0.2) is 23.3 Å². The number of hydrogen-bond acceptors (Lipinski definition) is 1. The first-order chi connectivity index (χ1) is 7.20. The van der Waals surface area contributed by atoms with Gasteiger partial charge in [-0.25, -0.2) is 0 Å². The first-order valence-corrected chi connectivity index (χ1v) is 6.66. The lowest BCUT2D eigenvalue weighted by molar-refractivity contribution is 0.108. The number of alkyl halides is 1. The molecule has 1 aliphatic rings. The molecule has 1 aromatic carbocycles. The van der Waals surface area contributed by atoms with Crippen LogP contribution in [0.15, 0.2) is 18.2 Å². The van der Waals surface area contributed by atoms with Gasteiger partial charge in [0.05, 0.1) is 0 Å². The molecular weight excluding hydrogens is 250 g/mol. The summed E-state index contributed by atoms with van der Waals surface area (Å²) in [6, 6.07) is 6.57. The zero-order chi connectivity index (χ0) is 10.8. The van der Waals surface area contributed by atoms with Crippen molar-refractivity contribution < 1.29 is 0 Å². The fraction of sp³-hybridized carbons (Fsp3) is 0.538. The molecule has 1 fully saturated rings. The van der Waals surface area contributed by atoms with Gasteiger partial charge in [0.2, 0.25) is 0 Å². The molecule has 0 atom stereocenters. The van der Waals surface area contributed by atoms with Gasteiger partial charge in [0.15, 0.2) is 0 Å². The molecule has 0 unspecified atom stereocenters. The van der Waals surface area contributed by atoms with Crippen molar-refractivity contribution in [1.82, 2.24) is 4.90 Å². The average Bonchev–Trinajstić information content (AvgIpc) is 2.14. The topological polar surface area (TPSA) is 3.24 Å². The number of rotatable bonds is 3. The molecule has 15 heavy (non-hydrogen) atoms. The van der Waals surface area contributed by atoms with E-state index in [1.807, 2.05) is 0 Å². The van der Waals surface area contributed by atoms with Crippen LogP contribution in [0.3, 0.4) is 0 Å². The summed E-state index contributed by atoms with van der Waals surface area (Å²) in [4.78, 5) is 2.53. The van der Waals surface area contributed by atoms with E-state index >= 15 is 0 Å². The Kier molecular flexibility index (Phi) is 3.47. The van der Waals surface area contributed by atoms with Crippen LogP contribution in [-0.2, 0) is 6.54 Å². The van der Waals surface area contributed by atoms with E-state index in [2.05, 4.69) is 52.9 Å². The van der Waals surface area contributed by atoms with Gasteiger partial charge in [0.25, 0.3) is 0 Å². The zero-order valence-electron chi connectivity index (χ0n) is 9.46. The van der Waals surface area contributed by atoms with E-state index < -0.39 is 0 Å². The van der Waals surface area contributed by atoms with Crippen LogP contribution in [0.5, 0.6) is 0 Å². The molecule has 82 valence electrons. The van der Waals surface area contributed by atoms with Crippen molar-refractivity contribution in [2.75, 3.05) is 18.4 Å². The molecule has 0 N–H and O–H groups in total. The first-order valence-electron chi connectivity index (χ1n) is 5.54. The van der Waals surface area contributed by atoms with Crippen molar-refractivity contribution in [2.45, 2.75) is 20.4 Å². The Hall–Kier alpha value is -0.340. The molecule has 1 heterocycles. The van der Waals surface area contributed by atoms with Gasteiger partial charge in [0, 0.05) is 25.0 Å². The van der Waals surface area contributed by atoms with E-state index in [1.165, 1.54) is 29.8 Å². The van der Waals surface area contributed by atoms with Gasteiger partial charge in [0.1, 0.15) is 0 Å². The number of benzene rings is 1. The van der Waals surface area contributed by atoms with Crippen molar-refractivity contribution in [1.29, 1.82) is 0 Å². The Morgan fingerprint density at radius 1 is 1.27 bits per heavy atom. The van der Waals surface area contributed by atoms with Gasteiger partial charge in [-0.05, 0) is 36.5 Å². The highest BCUT2D eigenvalue weighted by Gasteiger charge is 2.25. The van der Waals surface area contributed by atoms with Crippen LogP contribution in [0.2, 0.25) is 0 Å². The van der Waals surface area contributed by atoms with Crippen LogP contribution in [0.25, 0.3) is 0 Å². The highest BCUT2D eigenvalue weighted by atomic mass is 79.9. The Morgan fingerprint density at radius 2 is 1.87 bits per heavy atom. The third-order valence-corrected chi connectivity index (χ3v) is 4.19. The second-order valence-electron chi connectivity index (χ2n) is 4.58. The summed E-state index contributed by atoms with van der Waals surface area (Å²) < 4.78 is 0. The fourth-order valence-electron chi connectivity index (χ4n) is 2.23. The van der Waals surface area contributed by atoms with Gasteiger partial charge < -0.3 is 0 Å². The molecule has 0 aliphatic carbocycles. The molecule has 1 saturated heterocycles. The molecule has 0 aromatic heterocycles. The SMILES string of the molecule is Cc1cccc(C)c1CN1CC(CBr)C1. The molecule has 0 bridgehead atoms. The number of halogens is 1. The minimum Gasteiger partial charge on any atom is -0.298 e. The van der Waals surface area contributed by atoms with E-state index in [9.17, 15) is 0 Å². The molecule has 0 saturated carbocycles. The van der Waals surface area contributed by atoms with E-state index in [1.54, 1.807) is 0 Å². The molecular formula is C13H18BrN. The molecule has 1 aliphatic heterocycles. The van der Waals surface area contributed by atoms with Gasteiger partial charge in [-0.1, -0.05) is 34.1 Å². The summed E-state index contributed by atoms with van der Waals surface area (Å²) in [6.45, 7) is 8.05. The van der Waals surface area contributed by atoms with Crippen molar-refractivity contribution >= 4 is 15.9 Å². The summed E-state index contributed by atoms with van der Waals surface area (Å²) in [5, 5.41) is 1.15. The highest BCUT2D eigenvalue weighted by molar-refractivity contribution is 9.09. The van der Waals surface area contributed by atoms with Crippen molar-refractivity contribution in [3.05, 3.63) is 34.9 Å². The minimum absolute atomic E-state index is 0.870. The largest absolute Gasteiger partial charge is 0.298 e. The van der Waals surface area contributed by atoms with Crippen LogP contribution in [0.4, 0.5) is 0 Å². The quantitative estimate of drug-likeness (QED) is 0.761. The maximum absolute atomic E-state index is 3.54. The summed E-state index contributed by atoms with van der Waals surface area (Å²) >= 11 is 3.54. The van der Waals surface area contributed by atoms with Crippen LogP contribution in [0, 0.1) is 19.8 Å². The fourth-order valence-corrected chi connectivity index (χ4v) is 2.63.